The van der Waals surface area contributed by atoms with Crippen LogP contribution in [0.15, 0.2) is 10.9 Å². The number of rotatable bonds is 3. The van der Waals surface area contributed by atoms with Gasteiger partial charge in [0.15, 0.2) is 10.5 Å². The van der Waals surface area contributed by atoms with Gasteiger partial charge in [-0.05, 0) is 64.2 Å². The normalized spacial score (nSPS) is 15.7. The van der Waals surface area contributed by atoms with Gasteiger partial charge in [-0.25, -0.2) is 4.68 Å². The molecule has 0 amide bonds. The predicted molar refractivity (Wildman–Crippen MR) is 79.8 cm³/mol. The van der Waals surface area contributed by atoms with Crippen LogP contribution in [-0.2, 0) is 6.54 Å². The van der Waals surface area contributed by atoms with Crippen LogP contribution in [0.25, 0.3) is 5.57 Å². The van der Waals surface area contributed by atoms with E-state index < -0.39 is 0 Å². The average molecular weight is 279 g/mol. The molecule has 1 aliphatic carbocycles. The molecule has 0 saturated carbocycles. The fourth-order valence-corrected chi connectivity index (χ4v) is 2.87. The van der Waals surface area contributed by atoms with Crippen molar-refractivity contribution in [2.45, 2.75) is 59.0 Å². The first-order valence-electron chi connectivity index (χ1n) is 6.99. The second kappa shape index (κ2) is 5.82. The van der Waals surface area contributed by atoms with Crippen molar-refractivity contribution in [1.82, 2.24) is 14.3 Å². The van der Waals surface area contributed by atoms with E-state index in [4.69, 9.17) is 12.2 Å². The number of allylic oxidation sites excluding steroid dienone is 2. The molecule has 0 N–H and O–H groups in total. The van der Waals surface area contributed by atoms with Crippen LogP contribution in [0.2, 0.25) is 0 Å². The number of hydrogen-bond donors (Lipinski definition) is 0. The smallest absolute Gasteiger partial charge is 0.280 e. The summed E-state index contributed by atoms with van der Waals surface area (Å²) in [5.41, 5.74) is 1.63. The van der Waals surface area contributed by atoms with Crippen LogP contribution in [0.5, 0.6) is 0 Å². The summed E-state index contributed by atoms with van der Waals surface area (Å²) in [5.74, 6) is 0. The topological polar surface area (TPSA) is 39.8 Å². The molecule has 5 heteroatoms. The SMILES string of the molecule is CCn1c(=O)c(C2=CCCCC2)nn(C(C)C)c1=S. The van der Waals surface area contributed by atoms with E-state index in [0.717, 1.165) is 24.8 Å². The van der Waals surface area contributed by atoms with Crippen LogP contribution < -0.4 is 5.56 Å². The molecule has 0 radical (unpaired) electrons. The monoisotopic (exact) mass is 279 g/mol. The maximum Gasteiger partial charge on any atom is 0.280 e. The molecular formula is C14H21N3OS. The van der Waals surface area contributed by atoms with E-state index in [-0.39, 0.29) is 11.6 Å². The van der Waals surface area contributed by atoms with Crippen molar-refractivity contribution in [2.24, 2.45) is 0 Å². The van der Waals surface area contributed by atoms with Crippen molar-refractivity contribution in [3.8, 4) is 0 Å². The van der Waals surface area contributed by atoms with Gasteiger partial charge in [-0.15, -0.1) is 0 Å². The van der Waals surface area contributed by atoms with E-state index in [0.29, 0.717) is 17.0 Å². The van der Waals surface area contributed by atoms with Crippen LogP contribution in [0.3, 0.4) is 0 Å². The van der Waals surface area contributed by atoms with Crippen molar-refractivity contribution < 1.29 is 0 Å². The highest BCUT2D eigenvalue weighted by Gasteiger charge is 2.16. The molecule has 1 heterocycles. The Labute approximate surface area is 118 Å². The predicted octanol–water partition coefficient (Wildman–Crippen LogP) is 3.33. The van der Waals surface area contributed by atoms with E-state index in [2.05, 4.69) is 11.2 Å². The maximum absolute atomic E-state index is 12.5. The van der Waals surface area contributed by atoms with E-state index >= 15 is 0 Å². The van der Waals surface area contributed by atoms with E-state index in [1.165, 1.54) is 6.42 Å². The zero-order chi connectivity index (χ0) is 14.0. The Morgan fingerprint density at radius 2 is 2.16 bits per heavy atom. The molecular weight excluding hydrogens is 258 g/mol. The van der Waals surface area contributed by atoms with Crippen molar-refractivity contribution in [3.05, 3.63) is 26.9 Å². The summed E-state index contributed by atoms with van der Waals surface area (Å²) in [7, 11) is 0. The van der Waals surface area contributed by atoms with Gasteiger partial charge in [0.1, 0.15) is 0 Å². The minimum absolute atomic E-state index is 0.0439. The highest BCUT2D eigenvalue weighted by atomic mass is 32.1. The Morgan fingerprint density at radius 3 is 2.68 bits per heavy atom. The third-order valence-corrected chi connectivity index (χ3v) is 3.89. The zero-order valence-electron chi connectivity index (χ0n) is 11.8. The minimum atomic E-state index is -0.0439. The quantitative estimate of drug-likeness (QED) is 0.797. The molecule has 0 atom stereocenters. The Kier molecular flexibility index (Phi) is 4.34. The molecule has 19 heavy (non-hydrogen) atoms. The molecule has 0 spiro atoms. The summed E-state index contributed by atoms with van der Waals surface area (Å²) < 4.78 is 3.95. The molecule has 0 aromatic carbocycles. The maximum atomic E-state index is 12.5. The minimum Gasteiger partial charge on any atom is -0.282 e. The largest absolute Gasteiger partial charge is 0.282 e. The van der Waals surface area contributed by atoms with Gasteiger partial charge in [-0.3, -0.25) is 9.36 Å². The fourth-order valence-electron chi connectivity index (χ4n) is 2.40. The van der Waals surface area contributed by atoms with Gasteiger partial charge in [-0.2, -0.15) is 5.10 Å². The third kappa shape index (κ3) is 2.71. The Bertz CT molecular complexity index is 610. The van der Waals surface area contributed by atoms with E-state index in [1.807, 2.05) is 20.8 Å². The molecule has 2 rings (SSSR count). The Hall–Kier alpha value is -1.23. The molecule has 4 nitrogen and oxygen atoms in total. The van der Waals surface area contributed by atoms with E-state index in [1.54, 1.807) is 9.25 Å². The molecule has 1 aromatic rings. The third-order valence-electron chi connectivity index (χ3n) is 3.48. The van der Waals surface area contributed by atoms with Crippen LogP contribution in [0.1, 0.15) is 58.2 Å². The summed E-state index contributed by atoms with van der Waals surface area (Å²) in [6, 6.07) is 0.161. The lowest BCUT2D eigenvalue weighted by molar-refractivity contribution is 0.463. The summed E-state index contributed by atoms with van der Waals surface area (Å²) in [6.07, 6.45) is 6.48. The molecule has 0 aliphatic heterocycles. The van der Waals surface area contributed by atoms with Crippen LogP contribution in [0.4, 0.5) is 0 Å². The van der Waals surface area contributed by atoms with Crippen LogP contribution in [-0.4, -0.2) is 14.3 Å². The lowest BCUT2D eigenvalue weighted by atomic mass is 9.97. The van der Waals surface area contributed by atoms with Crippen LogP contribution in [0, 0.1) is 4.77 Å². The summed E-state index contributed by atoms with van der Waals surface area (Å²) in [5, 5.41) is 4.51. The highest BCUT2D eigenvalue weighted by Crippen LogP contribution is 2.23. The summed E-state index contributed by atoms with van der Waals surface area (Å²) in [4.78, 5) is 12.5. The van der Waals surface area contributed by atoms with Gasteiger partial charge in [0.05, 0.1) is 0 Å². The molecule has 1 aliphatic rings. The highest BCUT2D eigenvalue weighted by molar-refractivity contribution is 7.71. The zero-order valence-corrected chi connectivity index (χ0v) is 12.7. The van der Waals surface area contributed by atoms with Crippen molar-refractivity contribution in [1.29, 1.82) is 0 Å². The first-order valence-corrected chi connectivity index (χ1v) is 7.40. The van der Waals surface area contributed by atoms with Crippen molar-refractivity contribution in [3.63, 3.8) is 0 Å². The summed E-state index contributed by atoms with van der Waals surface area (Å²) in [6.45, 7) is 6.60. The van der Waals surface area contributed by atoms with Crippen molar-refractivity contribution in [2.75, 3.05) is 0 Å². The number of hydrogen-bond acceptors (Lipinski definition) is 3. The van der Waals surface area contributed by atoms with Crippen molar-refractivity contribution >= 4 is 17.8 Å². The van der Waals surface area contributed by atoms with E-state index in [9.17, 15) is 4.79 Å². The Balaban J connectivity index is 2.67. The molecule has 0 saturated heterocycles. The second-order valence-electron chi connectivity index (χ2n) is 5.19. The van der Waals surface area contributed by atoms with Gasteiger partial charge in [0, 0.05) is 12.6 Å². The standard InChI is InChI=1S/C14H21N3OS/c1-4-16-13(18)12(11-8-6-5-7-9-11)15-17(10(2)3)14(16)19/h8,10H,4-7,9H2,1-3H3. The van der Waals surface area contributed by atoms with Gasteiger partial charge in [-0.1, -0.05) is 6.08 Å². The molecule has 0 bridgehead atoms. The molecule has 1 aromatic heterocycles. The van der Waals surface area contributed by atoms with Gasteiger partial charge in [0.2, 0.25) is 0 Å². The second-order valence-corrected chi connectivity index (χ2v) is 5.56. The fraction of sp³-hybridized carbons (Fsp3) is 0.643. The lowest BCUT2D eigenvalue weighted by Gasteiger charge is -2.18. The average Bonchev–Trinajstić information content (AvgIpc) is 2.40. The molecule has 0 unspecified atom stereocenters. The number of nitrogens with zero attached hydrogens (tertiary/aromatic N) is 3. The number of aromatic nitrogens is 3. The summed E-state index contributed by atoms with van der Waals surface area (Å²) >= 11 is 5.36. The Morgan fingerprint density at radius 1 is 1.42 bits per heavy atom. The van der Waals surface area contributed by atoms with Crippen LogP contribution >= 0.6 is 12.2 Å². The first kappa shape index (κ1) is 14.2. The van der Waals surface area contributed by atoms with Gasteiger partial charge < -0.3 is 0 Å². The lowest BCUT2D eigenvalue weighted by Crippen LogP contribution is -2.31. The van der Waals surface area contributed by atoms with Gasteiger partial charge >= 0.3 is 0 Å². The first-order chi connectivity index (χ1) is 9.06. The molecule has 0 fully saturated rings. The van der Waals surface area contributed by atoms with Gasteiger partial charge in [0.25, 0.3) is 5.56 Å². The molecule has 104 valence electrons.